The van der Waals surface area contributed by atoms with Gasteiger partial charge in [0.1, 0.15) is 11.9 Å². The topological polar surface area (TPSA) is 64.1 Å². The van der Waals surface area contributed by atoms with Crippen molar-refractivity contribution in [3.63, 3.8) is 0 Å². The number of ether oxygens (including phenoxy) is 3. The van der Waals surface area contributed by atoms with Gasteiger partial charge in [0.25, 0.3) is 0 Å². The van der Waals surface area contributed by atoms with Crippen molar-refractivity contribution < 1.29 is 14.2 Å². The maximum atomic E-state index is 5.88. The fraction of sp³-hybridized carbons (Fsp3) is 0.650. The van der Waals surface area contributed by atoms with E-state index in [2.05, 4.69) is 15.6 Å². The molecule has 0 saturated carbocycles. The summed E-state index contributed by atoms with van der Waals surface area (Å²) in [6.07, 6.45) is 3.18. The van der Waals surface area contributed by atoms with Gasteiger partial charge in [-0.3, -0.25) is 4.99 Å². The molecule has 152 valence electrons. The summed E-state index contributed by atoms with van der Waals surface area (Å²) in [6, 6.07) is 7.38. The van der Waals surface area contributed by atoms with E-state index in [0.29, 0.717) is 17.5 Å². The highest BCUT2D eigenvalue weighted by molar-refractivity contribution is 6.30. The second kappa shape index (κ2) is 12.8. The second-order valence-electron chi connectivity index (χ2n) is 6.75. The van der Waals surface area contributed by atoms with Crippen LogP contribution in [0.4, 0.5) is 0 Å². The van der Waals surface area contributed by atoms with E-state index in [0.717, 1.165) is 63.9 Å². The van der Waals surface area contributed by atoms with Gasteiger partial charge in [-0.05, 0) is 56.4 Å². The molecule has 1 aromatic rings. The maximum Gasteiger partial charge on any atom is 0.191 e. The van der Waals surface area contributed by atoms with Gasteiger partial charge in [-0.1, -0.05) is 11.6 Å². The monoisotopic (exact) mass is 397 g/mol. The lowest BCUT2D eigenvalue weighted by Gasteiger charge is -2.21. The Labute approximate surface area is 167 Å². The summed E-state index contributed by atoms with van der Waals surface area (Å²) in [6.45, 7) is 6.84. The molecule has 1 heterocycles. The van der Waals surface area contributed by atoms with Crippen molar-refractivity contribution in [2.75, 3.05) is 46.6 Å². The Kier molecular flexibility index (Phi) is 10.3. The van der Waals surface area contributed by atoms with E-state index in [1.807, 2.05) is 31.2 Å². The molecule has 0 radical (unpaired) electrons. The van der Waals surface area contributed by atoms with Gasteiger partial charge in [0, 0.05) is 45.0 Å². The Bertz CT molecular complexity index is 548. The van der Waals surface area contributed by atoms with Crippen LogP contribution in [0, 0.1) is 5.92 Å². The normalized spacial score (nSPS) is 16.8. The minimum atomic E-state index is 0.00697. The van der Waals surface area contributed by atoms with Crippen LogP contribution in [0.1, 0.15) is 26.2 Å². The van der Waals surface area contributed by atoms with Crippen LogP contribution in [0.2, 0.25) is 5.02 Å². The third kappa shape index (κ3) is 9.31. The van der Waals surface area contributed by atoms with Crippen LogP contribution < -0.4 is 15.4 Å². The first kappa shape index (κ1) is 21.8. The standard InChI is InChI=1S/C20H32ClN3O3/c1-16(27-19-6-4-18(21)5-7-19)14-24-20(22-2)23-10-3-11-26-15-17-8-12-25-13-9-17/h4-7,16-17H,3,8-15H2,1-2H3,(H2,22,23,24). The van der Waals surface area contributed by atoms with Crippen molar-refractivity contribution in [1.29, 1.82) is 0 Å². The molecular weight excluding hydrogens is 366 g/mol. The first-order chi connectivity index (χ1) is 13.2. The maximum absolute atomic E-state index is 5.88. The first-order valence-corrected chi connectivity index (χ1v) is 10.1. The zero-order chi connectivity index (χ0) is 19.3. The van der Waals surface area contributed by atoms with Crippen LogP contribution in [0.25, 0.3) is 0 Å². The largest absolute Gasteiger partial charge is 0.489 e. The van der Waals surface area contributed by atoms with E-state index in [1.165, 1.54) is 0 Å². The van der Waals surface area contributed by atoms with Crippen LogP contribution in [0.15, 0.2) is 29.3 Å². The summed E-state index contributed by atoms with van der Waals surface area (Å²) < 4.78 is 17.0. The van der Waals surface area contributed by atoms with Gasteiger partial charge < -0.3 is 24.8 Å². The molecule has 7 heteroatoms. The molecular formula is C20H32ClN3O3. The third-order valence-corrected chi connectivity index (χ3v) is 4.64. The molecule has 0 spiro atoms. The summed E-state index contributed by atoms with van der Waals surface area (Å²) in [5, 5.41) is 7.28. The number of hydrogen-bond acceptors (Lipinski definition) is 4. The highest BCUT2D eigenvalue weighted by atomic mass is 35.5. The van der Waals surface area contributed by atoms with Gasteiger partial charge in [-0.15, -0.1) is 0 Å². The summed E-state index contributed by atoms with van der Waals surface area (Å²) in [5.74, 6) is 2.23. The van der Waals surface area contributed by atoms with E-state index in [4.69, 9.17) is 25.8 Å². The number of aliphatic imine (C=N–C) groups is 1. The molecule has 0 aromatic heterocycles. The zero-order valence-electron chi connectivity index (χ0n) is 16.4. The molecule has 1 aliphatic heterocycles. The quantitative estimate of drug-likeness (QED) is 0.361. The lowest BCUT2D eigenvalue weighted by atomic mass is 10.0. The van der Waals surface area contributed by atoms with Crippen molar-refractivity contribution >= 4 is 17.6 Å². The van der Waals surface area contributed by atoms with E-state index in [9.17, 15) is 0 Å². The highest BCUT2D eigenvalue weighted by Crippen LogP contribution is 2.16. The molecule has 0 bridgehead atoms. The molecule has 1 unspecified atom stereocenters. The molecule has 1 atom stereocenters. The zero-order valence-corrected chi connectivity index (χ0v) is 17.1. The van der Waals surface area contributed by atoms with Gasteiger partial charge in [-0.25, -0.2) is 0 Å². The summed E-state index contributed by atoms with van der Waals surface area (Å²) in [4.78, 5) is 4.24. The lowest BCUT2D eigenvalue weighted by Crippen LogP contribution is -2.42. The predicted octanol–water partition coefficient (Wildman–Crippen LogP) is 3.11. The molecule has 0 aliphatic carbocycles. The van der Waals surface area contributed by atoms with Crippen molar-refractivity contribution in [3.05, 3.63) is 29.3 Å². The number of guanidine groups is 1. The fourth-order valence-electron chi connectivity index (χ4n) is 2.79. The van der Waals surface area contributed by atoms with Crippen molar-refractivity contribution in [2.24, 2.45) is 10.9 Å². The number of benzene rings is 1. The smallest absolute Gasteiger partial charge is 0.191 e. The first-order valence-electron chi connectivity index (χ1n) is 9.69. The van der Waals surface area contributed by atoms with Crippen LogP contribution in [-0.2, 0) is 9.47 Å². The molecule has 6 nitrogen and oxygen atoms in total. The Morgan fingerprint density at radius 3 is 2.70 bits per heavy atom. The number of hydrogen-bond donors (Lipinski definition) is 2. The van der Waals surface area contributed by atoms with Gasteiger partial charge in [0.2, 0.25) is 0 Å². The third-order valence-electron chi connectivity index (χ3n) is 4.38. The number of halogens is 1. The highest BCUT2D eigenvalue weighted by Gasteiger charge is 2.13. The summed E-state index contributed by atoms with van der Waals surface area (Å²) in [5.41, 5.74) is 0. The van der Waals surface area contributed by atoms with E-state index in [-0.39, 0.29) is 6.10 Å². The molecule has 2 rings (SSSR count). The van der Waals surface area contributed by atoms with Crippen LogP contribution >= 0.6 is 11.6 Å². The molecule has 0 amide bonds. The molecule has 2 N–H and O–H groups in total. The van der Waals surface area contributed by atoms with Crippen LogP contribution in [-0.4, -0.2) is 58.6 Å². The lowest BCUT2D eigenvalue weighted by molar-refractivity contribution is 0.0203. The predicted molar refractivity (Wildman–Crippen MR) is 110 cm³/mol. The Morgan fingerprint density at radius 2 is 2.00 bits per heavy atom. The average molecular weight is 398 g/mol. The molecule has 27 heavy (non-hydrogen) atoms. The van der Waals surface area contributed by atoms with Gasteiger partial charge in [-0.2, -0.15) is 0 Å². The molecule has 1 fully saturated rings. The van der Waals surface area contributed by atoms with Crippen molar-refractivity contribution in [2.45, 2.75) is 32.3 Å². The molecule has 1 aliphatic rings. The Balaban J connectivity index is 1.52. The Morgan fingerprint density at radius 1 is 1.26 bits per heavy atom. The van der Waals surface area contributed by atoms with Gasteiger partial charge >= 0.3 is 0 Å². The molecule has 1 saturated heterocycles. The van der Waals surface area contributed by atoms with Crippen molar-refractivity contribution in [3.8, 4) is 5.75 Å². The van der Waals surface area contributed by atoms with E-state index < -0.39 is 0 Å². The Hall–Kier alpha value is -1.50. The second-order valence-corrected chi connectivity index (χ2v) is 7.18. The van der Waals surface area contributed by atoms with Crippen LogP contribution in [0.5, 0.6) is 5.75 Å². The summed E-state index contributed by atoms with van der Waals surface area (Å²) >= 11 is 5.88. The summed E-state index contributed by atoms with van der Waals surface area (Å²) in [7, 11) is 1.77. The SMILES string of the molecule is CN=C(NCCCOCC1CCOCC1)NCC(C)Oc1ccc(Cl)cc1. The minimum absolute atomic E-state index is 0.00697. The fourth-order valence-corrected chi connectivity index (χ4v) is 2.92. The molecule has 1 aromatic carbocycles. The van der Waals surface area contributed by atoms with Gasteiger partial charge in [0.05, 0.1) is 6.54 Å². The minimum Gasteiger partial charge on any atom is -0.489 e. The van der Waals surface area contributed by atoms with Crippen molar-refractivity contribution in [1.82, 2.24) is 10.6 Å². The van der Waals surface area contributed by atoms with E-state index >= 15 is 0 Å². The van der Waals surface area contributed by atoms with Gasteiger partial charge in [0.15, 0.2) is 5.96 Å². The number of nitrogens with one attached hydrogen (secondary N) is 2. The number of nitrogens with zero attached hydrogens (tertiary/aromatic N) is 1. The average Bonchev–Trinajstić information content (AvgIpc) is 2.69. The van der Waals surface area contributed by atoms with E-state index in [1.54, 1.807) is 7.05 Å². The van der Waals surface area contributed by atoms with Crippen LogP contribution in [0.3, 0.4) is 0 Å². The number of rotatable bonds is 10.